The summed E-state index contributed by atoms with van der Waals surface area (Å²) < 4.78 is 29.8. The van der Waals surface area contributed by atoms with Crippen molar-refractivity contribution in [2.24, 2.45) is 5.92 Å². The quantitative estimate of drug-likeness (QED) is 0.431. The largest absolute Gasteiger partial charge is 0.487 e. The van der Waals surface area contributed by atoms with Gasteiger partial charge in [0.15, 0.2) is 0 Å². The molecule has 4 rings (SSSR count). The van der Waals surface area contributed by atoms with Crippen LogP contribution in [0.15, 0.2) is 55.2 Å². The molecule has 178 valence electrons. The van der Waals surface area contributed by atoms with Gasteiger partial charge in [0.05, 0.1) is 18.3 Å². The number of nitrogens with one attached hydrogen (secondary N) is 1. The summed E-state index contributed by atoms with van der Waals surface area (Å²) in [5, 5.41) is 22.3. The predicted octanol–water partition coefficient (Wildman–Crippen LogP) is 2.75. The number of hydrogen-bond donors (Lipinski definition) is 3. The number of carbonyl (C=O) groups is 1. The monoisotopic (exact) mass is 491 g/mol. The van der Waals surface area contributed by atoms with Crippen molar-refractivity contribution in [3.05, 3.63) is 60.8 Å². The molecule has 0 bridgehead atoms. The Hall–Kier alpha value is -3.41. The van der Waals surface area contributed by atoms with Crippen molar-refractivity contribution >= 4 is 29.0 Å². The molecule has 3 aromatic rings. The van der Waals surface area contributed by atoms with Gasteiger partial charge >= 0.3 is 5.57 Å². The number of hydrogen-bond acceptors (Lipinski definition) is 8. The number of β-amino-alcohol motifs (C(OH)–C–C–N with tert-alkyl or cyclic N) is 1. The van der Waals surface area contributed by atoms with Crippen molar-refractivity contribution < 1.29 is 28.5 Å². The van der Waals surface area contributed by atoms with Crippen LogP contribution in [0.1, 0.15) is 10.4 Å². The Balaban J connectivity index is 1.58. The number of rotatable bonds is 7. The summed E-state index contributed by atoms with van der Waals surface area (Å²) in [4.78, 5) is 27.2. The zero-order valence-electron chi connectivity index (χ0n) is 17.6. The van der Waals surface area contributed by atoms with Crippen molar-refractivity contribution in [1.29, 1.82) is 0 Å². The van der Waals surface area contributed by atoms with Crippen LogP contribution < -0.4 is 15.0 Å². The zero-order chi connectivity index (χ0) is 24.3. The molecule has 1 amide bonds. The number of aromatic nitrogens is 3. The molecule has 0 saturated carbocycles. The lowest BCUT2D eigenvalue weighted by atomic mass is 10.1. The highest BCUT2D eigenvalue weighted by Crippen LogP contribution is 2.33. The van der Waals surface area contributed by atoms with E-state index in [0.29, 0.717) is 29.2 Å². The van der Waals surface area contributed by atoms with Gasteiger partial charge in [-0.2, -0.15) is 0 Å². The molecule has 12 heteroatoms. The van der Waals surface area contributed by atoms with Crippen LogP contribution in [0, 0.1) is 5.92 Å². The highest BCUT2D eigenvalue weighted by atomic mass is 35.5. The van der Waals surface area contributed by atoms with Crippen LogP contribution in [-0.4, -0.2) is 62.4 Å². The van der Waals surface area contributed by atoms with Gasteiger partial charge in [-0.3, -0.25) is 4.79 Å². The van der Waals surface area contributed by atoms with Gasteiger partial charge in [-0.25, -0.2) is 15.0 Å². The number of amides is 1. The SMILES string of the molecule is O=C(Nc1ccc(OC(F)(F)Cl)cc1)c1cnc(N2CC(O)C(CO)C2)c(-c2cncnc2)c1. The van der Waals surface area contributed by atoms with E-state index in [1.54, 1.807) is 18.5 Å². The third kappa shape index (κ3) is 5.56. The van der Waals surface area contributed by atoms with E-state index in [4.69, 9.17) is 11.6 Å². The first-order valence-corrected chi connectivity index (χ1v) is 10.6. The Morgan fingerprint density at radius 2 is 1.91 bits per heavy atom. The number of aliphatic hydroxyl groups is 2. The van der Waals surface area contributed by atoms with E-state index < -0.39 is 17.6 Å². The van der Waals surface area contributed by atoms with E-state index in [9.17, 15) is 23.8 Å². The van der Waals surface area contributed by atoms with E-state index in [-0.39, 0.29) is 30.4 Å². The maximum atomic E-state index is 12.9. The summed E-state index contributed by atoms with van der Waals surface area (Å²) >= 11 is 4.75. The molecule has 34 heavy (non-hydrogen) atoms. The van der Waals surface area contributed by atoms with Gasteiger partial charge in [0, 0.05) is 66.0 Å². The Kier molecular flexibility index (Phi) is 6.87. The smallest absolute Gasteiger partial charge is 0.420 e. The van der Waals surface area contributed by atoms with Gasteiger partial charge in [0.25, 0.3) is 5.91 Å². The molecular weight excluding hydrogens is 472 g/mol. The Morgan fingerprint density at radius 3 is 2.53 bits per heavy atom. The lowest BCUT2D eigenvalue weighted by molar-refractivity contribution is -0.0964. The minimum atomic E-state index is -3.84. The maximum Gasteiger partial charge on any atom is 0.487 e. The van der Waals surface area contributed by atoms with E-state index in [1.807, 2.05) is 4.90 Å². The Bertz CT molecular complexity index is 1150. The second-order valence-electron chi connectivity index (χ2n) is 7.66. The third-order valence-electron chi connectivity index (χ3n) is 5.29. The summed E-state index contributed by atoms with van der Waals surface area (Å²) in [6.45, 7) is 0.515. The molecule has 0 spiro atoms. The van der Waals surface area contributed by atoms with Crippen LogP contribution in [-0.2, 0) is 0 Å². The van der Waals surface area contributed by atoms with Gasteiger partial charge in [-0.1, -0.05) is 0 Å². The van der Waals surface area contributed by atoms with Crippen LogP contribution in [0.25, 0.3) is 11.1 Å². The van der Waals surface area contributed by atoms with Crippen LogP contribution in [0.3, 0.4) is 0 Å². The molecule has 1 saturated heterocycles. The minimum Gasteiger partial charge on any atom is -0.420 e. The number of benzene rings is 1. The average Bonchev–Trinajstić information content (AvgIpc) is 3.20. The van der Waals surface area contributed by atoms with Crippen molar-refractivity contribution in [2.75, 3.05) is 29.9 Å². The molecular formula is C22H20ClF2N5O4. The predicted molar refractivity (Wildman–Crippen MR) is 120 cm³/mol. The van der Waals surface area contributed by atoms with Gasteiger partial charge in [0.1, 0.15) is 17.9 Å². The standard InChI is InChI=1S/C22H20ClF2N5O4/c23-22(24,25)34-17-3-1-16(2-4-17)29-21(33)13-5-18(14-6-26-12-27-7-14)20(28-8-13)30-9-15(11-31)19(32)10-30/h1-8,12,15,19,31-32H,9-11H2,(H,29,33). The van der Waals surface area contributed by atoms with Gasteiger partial charge in [-0.15, -0.1) is 8.78 Å². The van der Waals surface area contributed by atoms with E-state index in [2.05, 4.69) is 25.0 Å². The highest BCUT2D eigenvalue weighted by molar-refractivity contribution is 6.20. The third-order valence-corrected chi connectivity index (χ3v) is 5.36. The van der Waals surface area contributed by atoms with Gasteiger partial charge in [-0.05, 0) is 30.3 Å². The molecule has 1 aromatic carbocycles. The molecule has 2 aromatic heterocycles. The number of anilines is 2. The van der Waals surface area contributed by atoms with Crippen molar-refractivity contribution in [3.8, 4) is 16.9 Å². The number of ether oxygens (including phenoxy) is 1. The molecule has 3 N–H and O–H groups in total. The van der Waals surface area contributed by atoms with E-state index in [0.717, 1.165) is 0 Å². The molecule has 2 atom stereocenters. The van der Waals surface area contributed by atoms with Crippen molar-refractivity contribution in [1.82, 2.24) is 15.0 Å². The molecule has 9 nitrogen and oxygen atoms in total. The fourth-order valence-corrected chi connectivity index (χ4v) is 3.72. The van der Waals surface area contributed by atoms with E-state index in [1.165, 1.54) is 36.8 Å². The second-order valence-corrected chi connectivity index (χ2v) is 8.10. The van der Waals surface area contributed by atoms with Gasteiger partial charge < -0.3 is 25.2 Å². The zero-order valence-corrected chi connectivity index (χ0v) is 18.4. The molecule has 2 unspecified atom stereocenters. The number of pyridine rings is 1. The topological polar surface area (TPSA) is 121 Å². The summed E-state index contributed by atoms with van der Waals surface area (Å²) in [6, 6.07) is 6.90. The maximum absolute atomic E-state index is 12.9. The lowest BCUT2D eigenvalue weighted by Gasteiger charge is -2.21. The number of alkyl halides is 3. The minimum absolute atomic E-state index is 0.158. The second kappa shape index (κ2) is 9.84. The van der Waals surface area contributed by atoms with Crippen LogP contribution >= 0.6 is 11.6 Å². The summed E-state index contributed by atoms with van der Waals surface area (Å²) in [5.74, 6) is -0.437. The van der Waals surface area contributed by atoms with E-state index >= 15 is 0 Å². The number of halogens is 3. The number of carbonyl (C=O) groups excluding carboxylic acids is 1. The Labute approximate surface area is 198 Å². The van der Waals surface area contributed by atoms with Crippen LogP contribution in [0.2, 0.25) is 0 Å². The fourth-order valence-electron chi connectivity index (χ4n) is 3.63. The van der Waals surface area contributed by atoms with Gasteiger partial charge in [0.2, 0.25) is 0 Å². The van der Waals surface area contributed by atoms with Crippen LogP contribution in [0.4, 0.5) is 20.3 Å². The summed E-state index contributed by atoms with van der Waals surface area (Å²) in [6.07, 6.45) is 5.22. The molecule has 1 aliphatic heterocycles. The lowest BCUT2D eigenvalue weighted by Crippen LogP contribution is -2.23. The molecule has 0 radical (unpaired) electrons. The first-order chi connectivity index (χ1) is 16.2. The average molecular weight is 492 g/mol. The first-order valence-electron chi connectivity index (χ1n) is 10.2. The van der Waals surface area contributed by atoms with Crippen molar-refractivity contribution in [3.63, 3.8) is 0 Å². The number of aliphatic hydroxyl groups excluding tert-OH is 2. The molecule has 3 heterocycles. The summed E-state index contributed by atoms with van der Waals surface area (Å²) in [7, 11) is 0. The molecule has 1 fully saturated rings. The fraction of sp³-hybridized carbons (Fsp3) is 0.273. The summed E-state index contributed by atoms with van der Waals surface area (Å²) in [5.41, 5.74) is -2.07. The van der Waals surface area contributed by atoms with Crippen LogP contribution in [0.5, 0.6) is 5.75 Å². The first kappa shape index (κ1) is 23.7. The normalized spacial score (nSPS) is 18.1. The molecule has 0 aliphatic carbocycles. The number of nitrogens with zero attached hydrogens (tertiary/aromatic N) is 4. The Morgan fingerprint density at radius 1 is 1.21 bits per heavy atom. The highest BCUT2D eigenvalue weighted by Gasteiger charge is 2.33. The van der Waals surface area contributed by atoms with Crippen molar-refractivity contribution in [2.45, 2.75) is 11.7 Å². The molecule has 1 aliphatic rings.